The van der Waals surface area contributed by atoms with Crippen LogP contribution in [-0.4, -0.2) is 26.5 Å². The van der Waals surface area contributed by atoms with Crippen molar-refractivity contribution >= 4 is 22.6 Å². The number of halogens is 3. The number of carboxylic acids is 1. The van der Waals surface area contributed by atoms with Gasteiger partial charge in [0.25, 0.3) is 0 Å². The number of carboxylic acid groups (broad SMARTS) is 1. The Kier molecular flexibility index (Phi) is 4.49. The average Bonchev–Trinajstić information content (AvgIpc) is 2.72. The van der Waals surface area contributed by atoms with Gasteiger partial charge in [-0.15, -0.1) is 0 Å². The number of hydrogen-bond acceptors (Lipinski definition) is 5. The van der Waals surface area contributed by atoms with Crippen LogP contribution in [0.5, 0.6) is 0 Å². The zero-order valence-corrected chi connectivity index (χ0v) is 10.5. The van der Waals surface area contributed by atoms with E-state index in [0.717, 1.165) is 0 Å². The molecule has 0 aliphatic rings. The molecule has 0 aromatic carbocycles. The molecule has 0 amide bonds. The third-order valence-corrected chi connectivity index (χ3v) is 3.08. The first kappa shape index (κ1) is 14.7. The molecule has 2 atom stereocenters. The smallest absolute Gasteiger partial charge is 0.452 e. The Hall–Kier alpha value is -1.38. The van der Waals surface area contributed by atoms with E-state index in [9.17, 15) is 18.0 Å². The SMILES string of the molecule is CC[C@H](C)[C@H](Nc1nc(C(F)(F)F)ns1)C(=O)O. The molecule has 9 heteroatoms. The molecule has 0 aliphatic heterocycles. The fourth-order valence-corrected chi connectivity index (χ4v) is 1.84. The molecule has 0 fully saturated rings. The van der Waals surface area contributed by atoms with Gasteiger partial charge in [-0.2, -0.15) is 22.5 Å². The van der Waals surface area contributed by atoms with Crippen molar-refractivity contribution in [1.29, 1.82) is 0 Å². The Morgan fingerprint density at radius 2 is 2.17 bits per heavy atom. The molecule has 0 bridgehead atoms. The zero-order chi connectivity index (χ0) is 13.9. The third kappa shape index (κ3) is 3.56. The number of rotatable bonds is 5. The van der Waals surface area contributed by atoms with Gasteiger partial charge in [-0.3, -0.25) is 0 Å². The normalized spacial score (nSPS) is 15.2. The maximum absolute atomic E-state index is 12.3. The van der Waals surface area contributed by atoms with Crippen LogP contribution in [0.3, 0.4) is 0 Å². The maximum atomic E-state index is 12.3. The number of alkyl halides is 3. The quantitative estimate of drug-likeness (QED) is 0.868. The molecule has 1 heterocycles. The molecule has 0 aliphatic carbocycles. The van der Waals surface area contributed by atoms with Crippen LogP contribution in [0.15, 0.2) is 0 Å². The van der Waals surface area contributed by atoms with Gasteiger partial charge in [-0.05, 0) is 5.92 Å². The number of hydrogen-bond donors (Lipinski definition) is 2. The van der Waals surface area contributed by atoms with Crippen LogP contribution in [0.2, 0.25) is 0 Å². The van der Waals surface area contributed by atoms with Gasteiger partial charge in [-0.1, -0.05) is 20.3 Å². The van der Waals surface area contributed by atoms with Crippen molar-refractivity contribution in [3.8, 4) is 0 Å². The Balaban J connectivity index is 2.82. The van der Waals surface area contributed by atoms with Crippen molar-refractivity contribution in [2.45, 2.75) is 32.5 Å². The van der Waals surface area contributed by atoms with E-state index in [1.807, 2.05) is 0 Å². The molecule has 1 aromatic rings. The van der Waals surface area contributed by atoms with Crippen molar-refractivity contribution in [3.63, 3.8) is 0 Å². The highest BCUT2D eigenvalue weighted by atomic mass is 32.1. The highest BCUT2D eigenvalue weighted by Gasteiger charge is 2.36. The summed E-state index contributed by atoms with van der Waals surface area (Å²) in [6, 6.07) is -0.982. The molecule has 102 valence electrons. The molecule has 0 spiro atoms. The lowest BCUT2D eigenvalue weighted by Gasteiger charge is -2.19. The van der Waals surface area contributed by atoms with Gasteiger partial charge in [0, 0.05) is 11.5 Å². The summed E-state index contributed by atoms with van der Waals surface area (Å²) in [5.41, 5.74) is 0. The lowest BCUT2D eigenvalue weighted by Crippen LogP contribution is -2.35. The van der Waals surface area contributed by atoms with E-state index in [1.54, 1.807) is 13.8 Å². The summed E-state index contributed by atoms with van der Waals surface area (Å²) in [4.78, 5) is 14.2. The van der Waals surface area contributed by atoms with Crippen molar-refractivity contribution < 1.29 is 23.1 Å². The van der Waals surface area contributed by atoms with Gasteiger partial charge in [0.2, 0.25) is 11.0 Å². The molecule has 1 aromatic heterocycles. The van der Waals surface area contributed by atoms with E-state index >= 15 is 0 Å². The summed E-state index contributed by atoms with van der Waals surface area (Å²) in [6.07, 6.45) is -4.04. The van der Waals surface area contributed by atoms with Gasteiger partial charge < -0.3 is 10.4 Å². The Bertz CT molecular complexity index is 421. The van der Waals surface area contributed by atoms with Crippen LogP contribution in [0, 0.1) is 5.92 Å². The molecular weight excluding hydrogens is 271 g/mol. The van der Waals surface area contributed by atoms with E-state index in [4.69, 9.17) is 5.11 Å². The zero-order valence-electron chi connectivity index (χ0n) is 9.65. The van der Waals surface area contributed by atoms with Crippen molar-refractivity contribution in [1.82, 2.24) is 9.36 Å². The van der Waals surface area contributed by atoms with Crippen LogP contribution in [0.25, 0.3) is 0 Å². The molecule has 0 unspecified atom stereocenters. The lowest BCUT2D eigenvalue weighted by atomic mass is 10.00. The van der Waals surface area contributed by atoms with Crippen molar-refractivity contribution in [2.24, 2.45) is 5.92 Å². The van der Waals surface area contributed by atoms with Gasteiger partial charge >= 0.3 is 12.1 Å². The summed E-state index contributed by atoms with van der Waals surface area (Å²) >= 11 is 0.494. The standard InChI is InChI=1S/C9H12F3N3O2S/c1-3-4(2)5(6(16)17)13-8-14-7(15-18-8)9(10,11)12/h4-5H,3H2,1-2H3,(H,16,17)(H,13,14,15)/t4-,5-/m0/s1. The van der Waals surface area contributed by atoms with Crippen LogP contribution < -0.4 is 5.32 Å². The molecular formula is C9H12F3N3O2S. The molecule has 18 heavy (non-hydrogen) atoms. The number of aliphatic carboxylic acids is 1. The maximum Gasteiger partial charge on any atom is 0.452 e. The molecule has 1 rings (SSSR count). The number of nitrogens with zero attached hydrogens (tertiary/aromatic N) is 2. The first-order chi connectivity index (χ1) is 8.25. The summed E-state index contributed by atoms with van der Waals surface area (Å²) in [6.45, 7) is 3.49. The van der Waals surface area contributed by atoms with Gasteiger partial charge in [-0.25, -0.2) is 4.79 Å². The summed E-state index contributed by atoms with van der Waals surface area (Å²) < 4.78 is 39.9. The molecule has 5 nitrogen and oxygen atoms in total. The Labute approximate surface area is 105 Å². The topological polar surface area (TPSA) is 75.1 Å². The van der Waals surface area contributed by atoms with Crippen LogP contribution in [0.1, 0.15) is 26.1 Å². The number of carbonyl (C=O) groups is 1. The summed E-state index contributed by atoms with van der Waals surface area (Å²) in [5.74, 6) is -2.63. The van der Waals surface area contributed by atoms with Gasteiger partial charge in [0.1, 0.15) is 6.04 Å². The highest BCUT2D eigenvalue weighted by molar-refractivity contribution is 7.09. The van der Waals surface area contributed by atoms with Gasteiger partial charge in [0.05, 0.1) is 0 Å². The second-order valence-corrected chi connectivity index (χ2v) is 4.52. The minimum absolute atomic E-state index is 0.143. The molecule has 0 radical (unpaired) electrons. The largest absolute Gasteiger partial charge is 0.480 e. The van der Waals surface area contributed by atoms with E-state index in [-0.39, 0.29) is 11.0 Å². The second-order valence-electron chi connectivity index (χ2n) is 3.77. The summed E-state index contributed by atoms with van der Waals surface area (Å²) in [7, 11) is 0. The minimum atomic E-state index is -4.62. The minimum Gasteiger partial charge on any atom is -0.480 e. The predicted octanol–water partition coefficient (Wildman–Crippen LogP) is 2.47. The summed E-state index contributed by atoms with van der Waals surface area (Å²) in [5, 5.41) is 11.3. The van der Waals surface area contributed by atoms with Crippen LogP contribution in [-0.2, 0) is 11.0 Å². The Morgan fingerprint density at radius 1 is 1.56 bits per heavy atom. The van der Waals surface area contributed by atoms with E-state index in [1.165, 1.54) is 0 Å². The first-order valence-corrected chi connectivity index (χ1v) is 5.93. The lowest BCUT2D eigenvalue weighted by molar-refractivity contribution is -0.144. The molecule has 2 N–H and O–H groups in total. The number of aromatic nitrogens is 2. The first-order valence-electron chi connectivity index (χ1n) is 5.16. The van der Waals surface area contributed by atoms with Crippen LogP contribution >= 0.6 is 11.5 Å². The van der Waals surface area contributed by atoms with Crippen molar-refractivity contribution in [2.75, 3.05) is 5.32 Å². The van der Waals surface area contributed by atoms with Crippen molar-refractivity contribution in [3.05, 3.63) is 5.82 Å². The van der Waals surface area contributed by atoms with E-state index in [2.05, 4.69) is 14.7 Å². The molecule has 0 saturated heterocycles. The van der Waals surface area contributed by atoms with Crippen LogP contribution in [0.4, 0.5) is 18.3 Å². The van der Waals surface area contributed by atoms with E-state index < -0.39 is 24.0 Å². The fourth-order valence-electron chi connectivity index (χ4n) is 1.21. The predicted molar refractivity (Wildman–Crippen MR) is 59.4 cm³/mol. The Morgan fingerprint density at radius 3 is 2.56 bits per heavy atom. The average molecular weight is 283 g/mol. The second kappa shape index (κ2) is 5.51. The fraction of sp³-hybridized carbons (Fsp3) is 0.667. The molecule has 0 saturated carbocycles. The highest BCUT2D eigenvalue weighted by Crippen LogP contribution is 2.29. The number of anilines is 1. The third-order valence-electron chi connectivity index (χ3n) is 2.44. The number of nitrogens with one attached hydrogen (secondary N) is 1. The monoisotopic (exact) mass is 283 g/mol. The van der Waals surface area contributed by atoms with E-state index in [0.29, 0.717) is 18.0 Å². The van der Waals surface area contributed by atoms with Gasteiger partial charge in [0.15, 0.2) is 0 Å².